The standard InChI is InChI=1S/C23H18Cl2N4O4/c1-14(27-28-22(30)12-15-2-9-19(10-3-15)29(32)33)16-4-7-18(8-5-16)26-23(31)20-11-6-17(24)13-21(20)25/h2-11,13H,12H2,1H3,(H,26,31)(H,28,30)/b27-14+. The zero-order valence-electron chi connectivity index (χ0n) is 17.3. The first-order valence-electron chi connectivity index (χ1n) is 9.66. The molecule has 0 radical (unpaired) electrons. The summed E-state index contributed by atoms with van der Waals surface area (Å²) >= 11 is 11.9. The summed E-state index contributed by atoms with van der Waals surface area (Å²) in [5, 5.41) is 18.2. The first-order valence-corrected chi connectivity index (χ1v) is 10.4. The van der Waals surface area contributed by atoms with Crippen molar-refractivity contribution >= 4 is 52.1 Å². The molecular weight excluding hydrogens is 467 g/mol. The van der Waals surface area contributed by atoms with Gasteiger partial charge >= 0.3 is 0 Å². The van der Waals surface area contributed by atoms with E-state index in [0.717, 1.165) is 5.56 Å². The van der Waals surface area contributed by atoms with E-state index >= 15 is 0 Å². The van der Waals surface area contributed by atoms with Crippen LogP contribution < -0.4 is 10.7 Å². The van der Waals surface area contributed by atoms with Gasteiger partial charge in [0.2, 0.25) is 5.91 Å². The van der Waals surface area contributed by atoms with E-state index < -0.39 is 4.92 Å². The van der Waals surface area contributed by atoms with E-state index in [2.05, 4.69) is 15.8 Å². The number of nitrogens with zero attached hydrogens (tertiary/aromatic N) is 2. The number of carbonyl (C=O) groups excluding carboxylic acids is 2. The molecule has 0 saturated heterocycles. The highest BCUT2D eigenvalue weighted by Crippen LogP contribution is 2.22. The minimum atomic E-state index is -0.499. The summed E-state index contributed by atoms with van der Waals surface area (Å²) in [6.07, 6.45) is 0.0347. The number of nitrogens with one attached hydrogen (secondary N) is 2. The average molecular weight is 485 g/mol. The molecule has 0 aliphatic heterocycles. The number of hydrogen-bond acceptors (Lipinski definition) is 5. The summed E-state index contributed by atoms with van der Waals surface area (Å²) in [5.41, 5.74) is 5.23. The van der Waals surface area contributed by atoms with Gasteiger partial charge in [-0.3, -0.25) is 19.7 Å². The summed E-state index contributed by atoms with van der Waals surface area (Å²) in [6.45, 7) is 1.73. The van der Waals surface area contributed by atoms with Gasteiger partial charge in [-0.05, 0) is 48.4 Å². The largest absolute Gasteiger partial charge is 0.322 e. The molecule has 0 aliphatic carbocycles. The summed E-state index contributed by atoms with van der Waals surface area (Å²) in [7, 11) is 0. The fourth-order valence-electron chi connectivity index (χ4n) is 2.84. The fourth-order valence-corrected chi connectivity index (χ4v) is 3.33. The van der Waals surface area contributed by atoms with E-state index in [0.29, 0.717) is 27.5 Å². The fraction of sp³-hybridized carbons (Fsp3) is 0.0870. The smallest absolute Gasteiger partial charge is 0.269 e. The van der Waals surface area contributed by atoms with Crippen molar-refractivity contribution in [3.05, 3.63) is 104 Å². The molecule has 168 valence electrons. The second kappa shape index (κ2) is 10.7. The van der Waals surface area contributed by atoms with Crippen molar-refractivity contribution in [1.29, 1.82) is 0 Å². The van der Waals surface area contributed by atoms with E-state index in [4.69, 9.17) is 23.2 Å². The van der Waals surface area contributed by atoms with Gasteiger partial charge in [0.1, 0.15) is 0 Å². The monoisotopic (exact) mass is 484 g/mol. The lowest BCUT2D eigenvalue weighted by Crippen LogP contribution is -2.21. The van der Waals surface area contributed by atoms with E-state index in [1.54, 1.807) is 43.3 Å². The lowest BCUT2D eigenvalue weighted by Gasteiger charge is -2.08. The van der Waals surface area contributed by atoms with Gasteiger partial charge in [0.15, 0.2) is 0 Å². The van der Waals surface area contributed by atoms with Crippen molar-refractivity contribution < 1.29 is 14.5 Å². The van der Waals surface area contributed by atoms with Crippen molar-refractivity contribution in [2.75, 3.05) is 5.32 Å². The Kier molecular flexibility index (Phi) is 7.76. The van der Waals surface area contributed by atoms with E-state index in [-0.39, 0.29) is 28.9 Å². The molecule has 0 atom stereocenters. The quantitative estimate of drug-likeness (QED) is 0.271. The van der Waals surface area contributed by atoms with E-state index in [1.165, 1.54) is 30.3 Å². The molecule has 0 fully saturated rings. The third-order valence-electron chi connectivity index (χ3n) is 4.60. The maximum absolute atomic E-state index is 12.4. The highest BCUT2D eigenvalue weighted by molar-refractivity contribution is 6.37. The number of hydrogen-bond donors (Lipinski definition) is 2. The molecule has 10 heteroatoms. The van der Waals surface area contributed by atoms with Crippen molar-refractivity contribution in [1.82, 2.24) is 5.43 Å². The lowest BCUT2D eigenvalue weighted by atomic mass is 10.1. The molecule has 8 nitrogen and oxygen atoms in total. The normalized spacial score (nSPS) is 11.1. The number of rotatable bonds is 7. The Morgan fingerprint density at radius 1 is 1.00 bits per heavy atom. The Hall–Kier alpha value is -3.75. The maximum atomic E-state index is 12.4. The van der Waals surface area contributed by atoms with Gasteiger partial charge in [-0.2, -0.15) is 5.10 Å². The predicted octanol–water partition coefficient (Wildman–Crippen LogP) is 5.24. The van der Waals surface area contributed by atoms with Crippen molar-refractivity contribution in [3.63, 3.8) is 0 Å². The zero-order chi connectivity index (χ0) is 24.0. The number of benzene rings is 3. The number of carbonyl (C=O) groups is 2. The van der Waals surface area contributed by atoms with Crippen molar-refractivity contribution in [3.8, 4) is 0 Å². The number of non-ortho nitro benzene ring substituents is 1. The highest BCUT2D eigenvalue weighted by atomic mass is 35.5. The molecule has 3 aromatic carbocycles. The summed E-state index contributed by atoms with van der Waals surface area (Å²) < 4.78 is 0. The van der Waals surface area contributed by atoms with Crippen LogP contribution in [0.1, 0.15) is 28.4 Å². The molecule has 33 heavy (non-hydrogen) atoms. The number of nitro groups is 1. The minimum Gasteiger partial charge on any atom is -0.322 e. The SMILES string of the molecule is C/C(=N\NC(=O)Cc1ccc([N+](=O)[O-])cc1)c1ccc(NC(=O)c2ccc(Cl)cc2Cl)cc1. The number of halogens is 2. The van der Waals surface area contributed by atoms with Crippen molar-refractivity contribution in [2.24, 2.45) is 5.10 Å². The molecule has 0 bridgehead atoms. The molecule has 3 rings (SSSR count). The third kappa shape index (κ3) is 6.61. The number of nitro benzene ring substituents is 1. The van der Waals surface area contributed by atoms with Gasteiger partial charge in [0.25, 0.3) is 11.6 Å². The van der Waals surface area contributed by atoms with Crippen LogP contribution in [0.4, 0.5) is 11.4 Å². The number of hydrazone groups is 1. The van der Waals surface area contributed by atoms with Crippen LogP contribution in [0.25, 0.3) is 0 Å². The van der Waals surface area contributed by atoms with Crippen LogP contribution in [-0.4, -0.2) is 22.4 Å². The van der Waals surface area contributed by atoms with E-state index in [9.17, 15) is 19.7 Å². The predicted molar refractivity (Wildman–Crippen MR) is 128 cm³/mol. The summed E-state index contributed by atoms with van der Waals surface area (Å²) in [4.78, 5) is 34.7. The number of amides is 2. The van der Waals surface area contributed by atoms with Gasteiger partial charge in [0, 0.05) is 22.8 Å². The molecular formula is C23H18Cl2N4O4. The topological polar surface area (TPSA) is 114 Å². The van der Waals surface area contributed by atoms with Crippen LogP contribution in [0.3, 0.4) is 0 Å². The molecule has 0 aliphatic rings. The molecule has 2 N–H and O–H groups in total. The van der Waals surface area contributed by atoms with Crippen LogP contribution in [0, 0.1) is 10.1 Å². The lowest BCUT2D eigenvalue weighted by molar-refractivity contribution is -0.384. The van der Waals surface area contributed by atoms with Gasteiger partial charge in [0.05, 0.1) is 27.6 Å². The molecule has 0 heterocycles. The van der Waals surface area contributed by atoms with Gasteiger partial charge in [-0.25, -0.2) is 5.43 Å². The minimum absolute atomic E-state index is 0.0347. The van der Waals surface area contributed by atoms with Gasteiger partial charge in [-0.15, -0.1) is 0 Å². The Bertz CT molecular complexity index is 1230. The summed E-state index contributed by atoms with van der Waals surface area (Å²) in [6, 6.07) is 17.3. The first kappa shape index (κ1) is 23.9. The van der Waals surface area contributed by atoms with E-state index in [1.807, 2.05) is 0 Å². The Labute approximate surface area is 199 Å². The Morgan fingerprint density at radius 3 is 2.27 bits per heavy atom. The van der Waals surface area contributed by atoms with Gasteiger partial charge < -0.3 is 5.32 Å². The summed E-state index contributed by atoms with van der Waals surface area (Å²) in [5.74, 6) is -0.722. The van der Waals surface area contributed by atoms with Crippen LogP contribution in [0.5, 0.6) is 0 Å². The third-order valence-corrected chi connectivity index (χ3v) is 5.14. The highest BCUT2D eigenvalue weighted by Gasteiger charge is 2.11. The molecule has 0 saturated carbocycles. The second-order valence-electron chi connectivity index (χ2n) is 6.99. The molecule has 0 unspecified atom stereocenters. The first-order chi connectivity index (χ1) is 15.7. The van der Waals surface area contributed by atoms with Crippen LogP contribution in [-0.2, 0) is 11.2 Å². The van der Waals surface area contributed by atoms with Crippen LogP contribution >= 0.6 is 23.2 Å². The van der Waals surface area contributed by atoms with Gasteiger partial charge in [-0.1, -0.05) is 47.5 Å². The van der Waals surface area contributed by atoms with Crippen LogP contribution in [0.15, 0.2) is 71.8 Å². The van der Waals surface area contributed by atoms with Crippen LogP contribution in [0.2, 0.25) is 10.0 Å². The zero-order valence-corrected chi connectivity index (χ0v) is 18.9. The Morgan fingerprint density at radius 2 is 1.67 bits per heavy atom. The average Bonchev–Trinajstić information content (AvgIpc) is 2.78. The molecule has 2 amide bonds. The number of anilines is 1. The second-order valence-corrected chi connectivity index (χ2v) is 7.83. The molecule has 0 aromatic heterocycles. The molecule has 3 aromatic rings. The maximum Gasteiger partial charge on any atom is 0.269 e. The van der Waals surface area contributed by atoms with Crippen molar-refractivity contribution in [2.45, 2.75) is 13.3 Å². The molecule has 0 spiro atoms. The Balaban J connectivity index is 1.57.